The van der Waals surface area contributed by atoms with Gasteiger partial charge in [0.05, 0.1) is 5.69 Å². The van der Waals surface area contributed by atoms with E-state index < -0.39 is 0 Å². The summed E-state index contributed by atoms with van der Waals surface area (Å²) in [6, 6.07) is 2.19. The largest absolute Gasteiger partial charge is 0.315 e. The summed E-state index contributed by atoms with van der Waals surface area (Å²) in [6.45, 7) is 2.84. The molecule has 1 fully saturated rings. The molecule has 7 heteroatoms. The number of nitrogens with one attached hydrogen (secondary N) is 1. The predicted octanol–water partition coefficient (Wildman–Crippen LogP) is 0.971. The molecule has 5 nitrogen and oxygen atoms in total. The molecule has 3 rings (SSSR count). The van der Waals surface area contributed by atoms with E-state index in [0.29, 0.717) is 6.04 Å². The molecule has 1 atom stereocenters. The maximum atomic E-state index is 11.9. The van der Waals surface area contributed by atoms with Crippen molar-refractivity contribution < 1.29 is 0 Å². The Hall–Kier alpha value is -0.950. The highest BCUT2D eigenvalue weighted by Crippen LogP contribution is 2.11. The molecule has 3 heterocycles. The highest BCUT2D eigenvalue weighted by atomic mass is 35.5. The van der Waals surface area contributed by atoms with Crippen molar-refractivity contribution in [3.63, 3.8) is 0 Å². The second-order valence-corrected chi connectivity index (χ2v) is 5.58. The van der Waals surface area contributed by atoms with Gasteiger partial charge in [-0.15, -0.1) is 23.7 Å². The summed E-state index contributed by atoms with van der Waals surface area (Å²) >= 11 is 1.50. The topological polar surface area (TPSA) is 49.6 Å². The fourth-order valence-electron chi connectivity index (χ4n) is 2.37. The summed E-state index contributed by atoms with van der Waals surface area (Å²) in [6.07, 6.45) is 2.93. The third kappa shape index (κ3) is 2.97. The van der Waals surface area contributed by atoms with Gasteiger partial charge in [-0.25, -0.2) is 4.98 Å². The fraction of sp³-hybridized carbons (Fsp3) is 0.500. The molecule has 0 aromatic carbocycles. The van der Waals surface area contributed by atoms with Crippen molar-refractivity contribution >= 4 is 28.7 Å². The summed E-state index contributed by atoms with van der Waals surface area (Å²) in [7, 11) is 2.09. The molecular weight excluding hydrogens is 284 g/mol. The zero-order chi connectivity index (χ0) is 12.5. The van der Waals surface area contributed by atoms with E-state index in [1.54, 1.807) is 16.7 Å². The molecule has 0 aliphatic carbocycles. The Bertz CT molecular complexity index is 605. The lowest BCUT2D eigenvalue weighted by molar-refractivity contribution is 0.246. The lowest BCUT2D eigenvalue weighted by Crippen LogP contribution is -2.33. The minimum absolute atomic E-state index is 0. The number of likely N-dealkylation sites (N-methyl/N-ethyl adjacent to an activating group) is 1. The highest BCUT2D eigenvalue weighted by Gasteiger charge is 2.19. The number of nitrogens with zero attached hydrogens (tertiary/aromatic N) is 3. The third-order valence-corrected chi connectivity index (χ3v) is 4.18. The van der Waals surface area contributed by atoms with Crippen LogP contribution in [0.1, 0.15) is 12.1 Å². The van der Waals surface area contributed by atoms with Crippen LogP contribution < -0.4 is 10.9 Å². The van der Waals surface area contributed by atoms with E-state index in [9.17, 15) is 4.79 Å². The first-order valence-corrected chi connectivity index (χ1v) is 6.99. The number of aromatic nitrogens is 2. The normalized spacial score (nSPS) is 18.9. The molecule has 19 heavy (non-hydrogen) atoms. The van der Waals surface area contributed by atoms with Gasteiger partial charge in [0, 0.05) is 36.8 Å². The van der Waals surface area contributed by atoms with E-state index in [1.807, 2.05) is 5.38 Å². The minimum Gasteiger partial charge on any atom is -0.315 e. The molecule has 0 saturated carbocycles. The van der Waals surface area contributed by atoms with E-state index in [4.69, 9.17) is 0 Å². The summed E-state index contributed by atoms with van der Waals surface area (Å²) in [4.78, 5) is 19.4. The van der Waals surface area contributed by atoms with Crippen LogP contribution in [-0.2, 0) is 6.54 Å². The fourth-order valence-corrected chi connectivity index (χ4v) is 3.11. The van der Waals surface area contributed by atoms with Gasteiger partial charge in [0.2, 0.25) is 0 Å². The summed E-state index contributed by atoms with van der Waals surface area (Å²) < 4.78 is 1.59. The van der Waals surface area contributed by atoms with E-state index in [1.165, 1.54) is 11.3 Å². The number of halogens is 1. The van der Waals surface area contributed by atoms with Crippen molar-refractivity contribution in [2.75, 3.05) is 20.1 Å². The average Bonchev–Trinajstić information content (AvgIpc) is 2.99. The van der Waals surface area contributed by atoms with Crippen LogP contribution in [-0.4, -0.2) is 40.5 Å². The molecule has 1 aliphatic heterocycles. The van der Waals surface area contributed by atoms with E-state index in [-0.39, 0.29) is 18.0 Å². The molecule has 0 bridgehead atoms. The molecule has 104 valence electrons. The summed E-state index contributed by atoms with van der Waals surface area (Å²) in [5, 5.41) is 5.24. The van der Waals surface area contributed by atoms with Crippen LogP contribution in [0.3, 0.4) is 0 Å². The van der Waals surface area contributed by atoms with Crippen LogP contribution in [0.15, 0.2) is 22.4 Å². The van der Waals surface area contributed by atoms with Gasteiger partial charge < -0.3 is 5.32 Å². The zero-order valence-electron chi connectivity index (χ0n) is 10.7. The van der Waals surface area contributed by atoms with Crippen LogP contribution in [0.2, 0.25) is 0 Å². The maximum Gasteiger partial charge on any atom is 0.258 e. The smallest absolute Gasteiger partial charge is 0.258 e. The second-order valence-electron chi connectivity index (χ2n) is 4.70. The second kappa shape index (κ2) is 6.00. The van der Waals surface area contributed by atoms with Crippen molar-refractivity contribution in [2.45, 2.75) is 19.0 Å². The van der Waals surface area contributed by atoms with Crippen LogP contribution >= 0.6 is 23.7 Å². The number of hydrogen-bond donors (Lipinski definition) is 1. The van der Waals surface area contributed by atoms with Gasteiger partial charge >= 0.3 is 0 Å². The van der Waals surface area contributed by atoms with Gasteiger partial charge in [-0.1, -0.05) is 0 Å². The van der Waals surface area contributed by atoms with Crippen LogP contribution in [0.5, 0.6) is 0 Å². The third-order valence-electron chi connectivity index (χ3n) is 3.43. The molecule has 2 aromatic rings. The maximum absolute atomic E-state index is 11.9. The Labute approximate surface area is 121 Å². The predicted molar refractivity (Wildman–Crippen MR) is 79.3 cm³/mol. The molecule has 0 spiro atoms. The van der Waals surface area contributed by atoms with Gasteiger partial charge in [0.25, 0.3) is 5.56 Å². The van der Waals surface area contributed by atoms with E-state index in [2.05, 4.69) is 22.2 Å². The van der Waals surface area contributed by atoms with Gasteiger partial charge in [-0.2, -0.15) is 0 Å². The molecule has 0 radical (unpaired) electrons. The molecule has 0 amide bonds. The quantitative estimate of drug-likeness (QED) is 0.918. The first kappa shape index (κ1) is 14.5. The van der Waals surface area contributed by atoms with Gasteiger partial charge in [-0.05, 0) is 20.0 Å². The number of fused-ring (bicyclic) bond motifs is 1. The van der Waals surface area contributed by atoms with Crippen molar-refractivity contribution in [1.82, 2.24) is 19.6 Å². The minimum atomic E-state index is 0. The Morgan fingerprint density at radius 1 is 1.63 bits per heavy atom. The van der Waals surface area contributed by atoms with E-state index in [0.717, 1.165) is 36.7 Å². The standard InChI is InChI=1S/C12H16N4OS.ClH/c1-15(10-2-3-13-7-10)8-9-6-11(17)16-4-5-18-12(16)14-9;/h4-6,10,13H,2-3,7-8H2,1H3;1H. The van der Waals surface area contributed by atoms with Crippen LogP contribution in [0, 0.1) is 0 Å². The van der Waals surface area contributed by atoms with E-state index >= 15 is 0 Å². The highest BCUT2D eigenvalue weighted by molar-refractivity contribution is 7.15. The van der Waals surface area contributed by atoms with Crippen LogP contribution in [0.25, 0.3) is 4.96 Å². The van der Waals surface area contributed by atoms with Crippen molar-refractivity contribution in [3.8, 4) is 0 Å². The van der Waals surface area contributed by atoms with Gasteiger partial charge in [0.15, 0.2) is 4.96 Å². The molecule has 1 unspecified atom stereocenters. The monoisotopic (exact) mass is 300 g/mol. The molecule has 2 aromatic heterocycles. The van der Waals surface area contributed by atoms with Crippen molar-refractivity contribution in [3.05, 3.63) is 33.7 Å². The Kier molecular flexibility index (Phi) is 4.57. The van der Waals surface area contributed by atoms with Crippen molar-refractivity contribution in [2.24, 2.45) is 0 Å². The summed E-state index contributed by atoms with van der Waals surface area (Å²) in [5.41, 5.74) is 0.867. The number of rotatable bonds is 3. The van der Waals surface area contributed by atoms with Gasteiger partial charge in [0.1, 0.15) is 0 Å². The average molecular weight is 301 g/mol. The Morgan fingerprint density at radius 3 is 3.21 bits per heavy atom. The number of hydrogen-bond acceptors (Lipinski definition) is 5. The SMILES string of the molecule is CN(Cc1cc(=O)n2ccsc2n1)C1CCNC1.Cl. The molecule has 1 aliphatic rings. The molecular formula is C12H17ClN4OS. The zero-order valence-corrected chi connectivity index (χ0v) is 12.3. The first-order valence-electron chi connectivity index (χ1n) is 6.11. The van der Waals surface area contributed by atoms with Gasteiger partial charge in [-0.3, -0.25) is 14.1 Å². The Balaban J connectivity index is 0.00000133. The lowest BCUT2D eigenvalue weighted by Gasteiger charge is -2.22. The molecule has 1 N–H and O–H groups in total. The Morgan fingerprint density at radius 2 is 2.47 bits per heavy atom. The number of thiazole rings is 1. The molecule has 1 saturated heterocycles. The first-order chi connectivity index (χ1) is 8.74. The summed E-state index contributed by atoms with van der Waals surface area (Å²) in [5.74, 6) is 0. The van der Waals surface area contributed by atoms with Crippen molar-refractivity contribution in [1.29, 1.82) is 0 Å². The lowest BCUT2D eigenvalue weighted by atomic mass is 10.2. The van der Waals surface area contributed by atoms with Crippen LogP contribution in [0.4, 0.5) is 0 Å².